The number of rotatable bonds is 13. The number of ether oxygens (including phenoxy) is 3. The smallest absolute Gasteiger partial charge is 0.408 e. The first-order valence-electron chi connectivity index (χ1n) is 13.2. The van der Waals surface area contributed by atoms with Crippen molar-refractivity contribution in [2.24, 2.45) is 5.92 Å². The van der Waals surface area contributed by atoms with Gasteiger partial charge in [-0.3, -0.25) is 14.4 Å². The Kier molecular flexibility index (Phi) is 13.9. The number of amides is 3. The number of aliphatic carboxylic acids is 1. The molecule has 0 aromatic heterocycles. The molecule has 39 heavy (non-hydrogen) atoms. The number of nitrogens with one attached hydrogen (secondary N) is 3. The van der Waals surface area contributed by atoms with E-state index in [9.17, 15) is 29.1 Å². The maximum absolute atomic E-state index is 13.3. The van der Waals surface area contributed by atoms with Gasteiger partial charge in [-0.25, -0.2) is 9.59 Å². The molecule has 0 aliphatic heterocycles. The summed E-state index contributed by atoms with van der Waals surface area (Å²) in [5.41, 5.74) is -2.26. The van der Waals surface area contributed by atoms with E-state index in [1.165, 1.54) is 0 Å². The predicted molar refractivity (Wildman–Crippen MR) is 145 cm³/mol. The fourth-order valence-electron chi connectivity index (χ4n) is 3.11. The molecule has 0 aliphatic carbocycles. The van der Waals surface area contributed by atoms with Crippen molar-refractivity contribution in [2.45, 2.75) is 130 Å². The molecule has 3 atom stereocenters. The monoisotopic (exact) mass is 559 g/mol. The molecule has 0 spiro atoms. The van der Waals surface area contributed by atoms with Crippen LogP contribution in [0.15, 0.2) is 0 Å². The second kappa shape index (κ2) is 15.0. The third kappa shape index (κ3) is 18.1. The van der Waals surface area contributed by atoms with E-state index in [0.717, 1.165) is 0 Å². The van der Waals surface area contributed by atoms with Gasteiger partial charge in [0.2, 0.25) is 11.8 Å². The van der Waals surface area contributed by atoms with Gasteiger partial charge in [-0.1, -0.05) is 13.8 Å². The van der Waals surface area contributed by atoms with Crippen LogP contribution in [0.3, 0.4) is 0 Å². The number of carbonyl (C=O) groups excluding carboxylic acids is 4. The molecule has 0 aliphatic rings. The lowest BCUT2D eigenvalue weighted by molar-refractivity contribution is -0.162. The molecular formula is C27H49N3O9. The molecule has 0 saturated carbocycles. The Balaban J connectivity index is 5.88. The molecule has 0 radical (unpaired) electrons. The van der Waals surface area contributed by atoms with Crippen molar-refractivity contribution in [3.63, 3.8) is 0 Å². The quantitative estimate of drug-likeness (QED) is 0.248. The summed E-state index contributed by atoms with van der Waals surface area (Å²) < 4.78 is 16.4. The van der Waals surface area contributed by atoms with Gasteiger partial charge in [0.15, 0.2) is 6.04 Å². The van der Waals surface area contributed by atoms with Gasteiger partial charge in [-0.15, -0.1) is 0 Å². The van der Waals surface area contributed by atoms with Gasteiger partial charge in [0.25, 0.3) is 0 Å². The van der Waals surface area contributed by atoms with Crippen LogP contribution in [0.4, 0.5) is 4.79 Å². The summed E-state index contributed by atoms with van der Waals surface area (Å²) in [7, 11) is 0. The second-order valence-electron chi connectivity index (χ2n) is 12.8. The Morgan fingerprint density at radius 1 is 0.692 bits per heavy atom. The molecule has 0 saturated heterocycles. The summed E-state index contributed by atoms with van der Waals surface area (Å²) in [6.45, 7) is 18.9. The number of carbonyl (C=O) groups is 5. The molecule has 0 rings (SSSR count). The first-order chi connectivity index (χ1) is 17.5. The van der Waals surface area contributed by atoms with Crippen molar-refractivity contribution in [2.75, 3.05) is 6.61 Å². The van der Waals surface area contributed by atoms with Gasteiger partial charge in [0.1, 0.15) is 23.3 Å². The second-order valence-corrected chi connectivity index (χ2v) is 12.8. The van der Waals surface area contributed by atoms with Gasteiger partial charge in [0.05, 0.1) is 12.2 Å². The van der Waals surface area contributed by atoms with Crippen LogP contribution >= 0.6 is 0 Å². The number of carboxylic acids is 1. The van der Waals surface area contributed by atoms with Crippen LogP contribution in [0, 0.1) is 5.92 Å². The predicted octanol–water partition coefficient (Wildman–Crippen LogP) is 2.92. The Morgan fingerprint density at radius 3 is 1.62 bits per heavy atom. The summed E-state index contributed by atoms with van der Waals surface area (Å²) in [6.07, 6.45) is -1.26. The van der Waals surface area contributed by atoms with E-state index in [1.54, 1.807) is 62.3 Å². The zero-order valence-electron chi connectivity index (χ0n) is 25.4. The van der Waals surface area contributed by atoms with Crippen LogP contribution in [0.5, 0.6) is 0 Å². The summed E-state index contributed by atoms with van der Waals surface area (Å²) in [4.78, 5) is 62.9. The number of hydrogen-bond acceptors (Lipinski definition) is 8. The van der Waals surface area contributed by atoms with E-state index in [2.05, 4.69) is 16.0 Å². The van der Waals surface area contributed by atoms with Crippen LogP contribution in [-0.2, 0) is 33.4 Å². The van der Waals surface area contributed by atoms with E-state index >= 15 is 0 Å². The minimum atomic E-state index is -1.32. The number of carboxylic acid groups (broad SMARTS) is 1. The fraction of sp³-hybridized carbons (Fsp3) is 0.815. The van der Waals surface area contributed by atoms with E-state index in [-0.39, 0.29) is 25.4 Å². The lowest BCUT2D eigenvalue weighted by atomic mass is 10.0. The SMILES string of the molecule is CC(C)C[C@H](NC(=O)OC(C)(C)C)C(=O)N[C@@H](CCC(=O)O)C(=O)N[C@@H](COC(C)(C)C)C(=O)OC(C)(C)C. The molecule has 4 N–H and O–H groups in total. The van der Waals surface area contributed by atoms with Crippen LogP contribution in [0.1, 0.15) is 95.4 Å². The average Bonchev–Trinajstić information content (AvgIpc) is 2.69. The maximum Gasteiger partial charge on any atom is 0.408 e. The fourth-order valence-corrected chi connectivity index (χ4v) is 3.11. The summed E-state index contributed by atoms with van der Waals surface area (Å²) in [6, 6.07) is -3.58. The van der Waals surface area contributed by atoms with Crippen LogP contribution in [0.2, 0.25) is 0 Å². The summed E-state index contributed by atoms with van der Waals surface area (Å²) in [5.74, 6) is -3.41. The topological polar surface area (TPSA) is 169 Å². The molecule has 0 unspecified atom stereocenters. The minimum absolute atomic E-state index is 0.00641. The Bertz CT molecular complexity index is 852. The molecule has 12 heteroatoms. The molecular weight excluding hydrogens is 510 g/mol. The first-order valence-corrected chi connectivity index (χ1v) is 13.2. The van der Waals surface area contributed by atoms with E-state index in [1.807, 2.05) is 13.8 Å². The van der Waals surface area contributed by atoms with Crippen molar-refractivity contribution in [1.82, 2.24) is 16.0 Å². The highest BCUT2D eigenvalue weighted by Crippen LogP contribution is 2.13. The Labute approximate surface area is 232 Å². The summed E-state index contributed by atoms with van der Waals surface area (Å²) in [5, 5.41) is 16.8. The third-order valence-electron chi connectivity index (χ3n) is 4.69. The normalized spacial score (nSPS) is 14.6. The van der Waals surface area contributed by atoms with Crippen LogP contribution in [-0.4, -0.2) is 76.5 Å². The standard InChI is InChI=1S/C27H49N3O9/c1-16(2)14-18(30-24(36)39-27(9,10)11)22(34)28-17(12-13-20(31)32)21(33)29-19(15-37-25(3,4)5)23(35)38-26(6,7)8/h16-19H,12-15H2,1-11H3,(H,28,34)(H,29,33)(H,30,36)(H,31,32)/t17-,18-,19-/m0/s1. The van der Waals surface area contributed by atoms with Gasteiger partial charge in [0, 0.05) is 6.42 Å². The highest BCUT2D eigenvalue weighted by atomic mass is 16.6. The molecule has 0 fully saturated rings. The first kappa shape index (κ1) is 36.1. The van der Waals surface area contributed by atoms with Gasteiger partial charge in [-0.2, -0.15) is 0 Å². The molecule has 226 valence electrons. The highest BCUT2D eigenvalue weighted by Gasteiger charge is 2.33. The van der Waals surface area contributed by atoms with Crippen molar-refractivity contribution in [3.8, 4) is 0 Å². The van der Waals surface area contributed by atoms with Crippen molar-refractivity contribution >= 4 is 29.8 Å². The van der Waals surface area contributed by atoms with E-state index < -0.39 is 71.2 Å². The largest absolute Gasteiger partial charge is 0.481 e. The van der Waals surface area contributed by atoms with Crippen LogP contribution < -0.4 is 16.0 Å². The zero-order valence-corrected chi connectivity index (χ0v) is 25.4. The highest BCUT2D eigenvalue weighted by molar-refractivity contribution is 5.93. The lowest BCUT2D eigenvalue weighted by Gasteiger charge is -2.29. The maximum atomic E-state index is 13.3. The lowest BCUT2D eigenvalue weighted by Crippen LogP contribution is -2.57. The van der Waals surface area contributed by atoms with E-state index in [4.69, 9.17) is 14.2 Å². The summed E-state index contributed by atoms with van der Waals surface area (Å²) >= 11 is 0. The average molecular weight is 560 g/mol. The van der Waals surface area contributed by atoms with Gasteiger partial charge in [-0.05, 0) is 81.1 Å². The van der Waals surface area contributed by atoms with Gasteiger partial charge >= 0.3 is 18.0 Å². The minimum Gasteiger partial charge on any atom is -0.481 e. The van der Waals surface area contributed by atoms with E-state index in [0.29, 0.717) is 0 Å². The Morgan fingerprint density at radius 2 is 1.18 bits per heavy atom. The molecule has 3 amide bonds. The molecule has 0 aromatic rings. The van der Waals surface area contributed by atoms with Crippen molar-refractivity contribution in [1.29, 1.82) is 0 Å². The van der Waals surface area contributed by atoms with Crippen molar-refractivity contribution < 1.29 is 43.3 Å². The third-order valence-corrected chi connectivity index (χ3v) is 4.69. The number of esters is 1. The molecule has 0 aromatic carbocycles. The molecule has 0 heterocycles. The van der Waals surface area contributed by atoms with Crippen molar-refractivity contribution in [3.05, 3.63) is 0 Å². The van der Waals surface area contributed by atoms with Gasteiger partial charge < -0.3 is 35.3 Å². The zero-order chi connectivity index (χ0) is 30.8. The molecule has 12 nitrogen and oxygen atoms in total. The van der Waals surface area contributed by atoms with Crippen LogP contribution in [0.25, 0.3) is 0 Å². The number of hydrogen-bond donors (Lipinski definition) is 4. The Hall–Kier alpha value is -2.89. The molecule has 0 bridgehead atoms. The number of alkyl carbamates (subject to hydrolysis) is 1.